The van der Waals surface area contributed by atoms with Gasteiger partial charge in [0.05, 0.1) is 0 Å². The molecule has 2 aromatic rings. The average Bonchev–Trinajstić information content (AvgIpc) is 2.77. The minimum absolute atomic E-state index is 0.0169. The van der Waals surface area contributed by atoms with Gasteiger partial charge in [0.25, 0.3) is 0 Å². The fourth-order valence-electron chi connectivity index (χ4n) is 1.53. The van der Waals surface area contributed by atoms with Crippen LogP contribution in [0, 0.1) is 5.82 Å². The highest BCUT2D eigenvalue weighted by molar-refractivity contribution is 6.60. The van der Waals surface area contributed by atoms with E-state index in [0.717, 1.165) is 6.07 Å². The Labute approximate surface area is 96.5 Å². The number of halogens is 1. The van der Waals surface area contributed by atoms with Crippen LogP contribution in [-0.2, 0) is 0 Å². The van der Waals surface area contributed by atoms with Gasteiger partial charge in [0.1, 0.15) is 11.6 Å². The summed E-state index contributed by atoms with van der Waals surface area (Å²) in [5.74, 6) is -0.197. The Morgan fingerprint density at radius 1 is 1.24 bits per heavy atom. The van der Waals surface area contributed by atoms with Gasteiger partial charge >= 0.3 is 7.12 Å². The summed E-state index contributed by atoms with van der Waals surface area (Å²) in [6, 6.07) is 6.48. The maximum absolute atomic E-state index is 13.0. The molecule has 0 bridgehead atoms. The van der Waals surface area contributed by atoms with Crippen LogP contribution in [0.25, 0.3) is 11.3 Å². The summed E-state index contributed by atoms with van der Waals surface area (Å²) in [5, 5.41) is 18.3. The fraction of sp³-hybridized carbons (Fsp3) is 0. The lowest BCUT2D eigenvalue weighted by Crippen LogP contribution is -2.31. The highest BCUT2D eigenvalue weighted by Crippen LogP contribution is 2.20. The molecule has 0 spiro atoms. The number of hydrogen-bond donors (Lipinski definition) is 2. The van der Waals surface area contributed by atoms with Crippen molar-refractivity contribution in [2.75, 3.05) is 0 Å². The minimum atomic E-state index is -1.81. The molecule has 2 N–H and O–H groups in total. The van der Waals surface area contributed by atoms with Crippen molar-refractivity contribution in [3.63, 3.8) is 0 Å². The molecule has 1 aromatic heterocycles. The smallest absolute Gasteiger partial charge is 0.453 e. The average molecular weight is 234 g/mol. The summed E-state index contributed by atoms with van der Waals surface area (Å²) >= 11 is 0. The zero-order valence-corrected chi connectivity index (χ0v) is 8.63. The number of carbonyl (C=O) groups is 1. The maximum atomic E-state index is 13.0. The van der Waals surface area contributed by atoms with E-state index in [1.807, 2.05) is 0 Å². The number of furan rings is 1. The normalized spacial score (nSPS) is 10.3. The molecule has 1 heterocycles. The number of aldehydes is 1. The molecule has 17 heavy (non-hydrogen) atoms. The molecule has 2 rings (SSSR count). The van der Waals surface area contributed by atoms with Gasteiger partial charge < -0.3 is 14.5 Å². The van der Waals surface area contributed by atoms with Crippen LogP contribution < -0.4 is 5.46 Å². The summed E-state index contributed by atoms with van der Waals surface area (Å²) in [5.41, 5.74) is 0.311. The molecule has 6 heteroatoms. The first-order valence-electron chi connectivity index (χ1n) is 4.83. The van der Waals surface area contributed by atoms with E-state index in [1.165, 1.54) is 24.3 Å². The third kappa shape index (κ3) is 2.27. The van der Waals surface area contributed by atoms with Crippen LogP contribution in [-0.4, -0.2) is 23.5 Å². The third-order valence-corrected chi connectivity index (χ3v) is 2.30. The van der Waals surface area contributed by atoms with Gasteiger partial charge in [0, 0.05) is 5.56 Å². The number of hydrogen-bond acceptors (Lipinski definition) is 4. The van der Waals surface area contributed by atoms with Gasteiger partial charge in [-0.25, -0.2) is 4.39 Å². The zero-order valence-electron chi connectivity index (χ0n) is 8.63. The number of rotatable bonds is 3. The van der Waals surface area contributed by atoms with Crippen molar-refractivity contribution in [3.05, 3.63) is 41.9 Å². The van der Waals surface area contributed by atoms with Crippen molar-refractivity contribution in [2.45, 2.75) is 0 Å². The van der Waals surface area contributed by atoms with Crippen LogP contribution in [0.3, 0.4) is 0 Å². The largest absolute Gasteiger partial charge is 0.489 e. The lowest BCUT2D eigenvalue weighted by Gasteiger charge is -2.06. The minimum Gasteiger partial charge on any atom is -0.453 e. The monoisotopic (exact) mass is 234 g/mol. The molecule has 0 amide bonds. The SMILES string of the molecule is O=Cc1ccc(-c2ccc(F)cc2B(O)O)o1. The zero-order chi connectivity index (χ0) is 12.4. The second-order valence-electron chi connectivity index (χ2n) is 3.43. The third-order valence-electron chi connectivity index (χ3n) is 2.30. The van der Waals surface area contributed by atoms with E-state index in [-0.39, 0.29) is 17.0 Å². The van der Waals surface area contributed by atoms with Crippen molar-refractivity contribution in [1.82, 2.24) is 0 Å². The highest BCUT2D eigenvalue weighted by atomic mass is 19.1. The van der Waals surface area contributed by atoms with E-state index in [1.54, 1.807) is 0 Å². The summed E-state index contributed by atoms with van der Waals surface area (Å²) in [4.78, 5) is 10.5. The molecular weight excluding hydrogens is 226 g/mol. The topological polar surface area (TPSA) is 70.7 Å². The Bertz CT molecular complexity index is 550. The molecule has 86 valence electrons. The Balaban J connectivity index is 2.54. The second-order valence-corrected chi connectivity index (χ2v) is 3.43. The molecule has 0 saturated carbocycles. The predicted molar refractivity (Wildman–Crippen MR) is 59.3 cm³/mol. The molecular formula is C11H8BFO4. The molecule has 0 aliphatic heterocycles. The fourth-order valence-corrected chi connectivity index (χ4v) is 1.53. The van der Waals surface area contributed by atoms with Gasteiger partial charge in [-0.15, -0.1) is 0 Å². The Morgan fingerprint density at radius 3 is 2.59 bits per heavy atom. The van der Waals surface area contributed by atoms with E-state index < -0.39 is 12.9 Å². The quantitative estimate of drug-likeness (QED) is 0.601. The standard InChI is InChI=1S/C11H8BFO4/c13-7-1-3-9(10(5-7)12(15)16)11-4-2-8(6-14)17-11/h1-6,15-16H. The Kier molecular flexibility index (Phi) is 3.08. The first-order chi connectivity index (χ1) is 8.11. The lowest BCUT2D eigenvalue weighted by molar-refractivity contribution is 0.110. The summed E-state index contributed by atoms with van der Waals surface area (Å²) in [7, 11) is -1.81. The van der Waals surface area contributed by atoms with Gasteiger partial charge in [-0.2, -0.15) is 0 Å². The Morgan fingerprint density at radius 2 is 2.00 bits per heavy atom. The number of benzene rings is 1. The van der Waals surface area contributed by atoms with Crippen molar-refractivity contribution < 1.29 is 23.7 Å². The van der Waals surface area contributed by atoms with Crippen LogP contribution >= 0.6 is 0 Å². The van der Waals surface area contributed by atoms with Crippen molar-refractivity contribution in [2.24, 2.45) is 0 Å². The van der Waals surface area contributed by atoms with Crippen molar-refractivity contribution in [1.29, 1.82) is 0 Å². The van der Waals surface area contributed by atoms with E-state index >= 15 is 0 Å². The summed E-state index contributed by atoms with van der Waals surface area (Å²) in [6.45, 7) is 0. The Hall–Kier alpha value is -1.92. The van der Waals surface area contributed by atoms with Gasteiger partial charge in [-0.05, 0) is 35.8 Å². The summed E-state index contributed by atoms with van der Waals surface area (Å²) in [6.07, 6.45) is 0.530. The molecule has 0 radical (unpaired) electrons. The predicted octanol–water partition coefficient (Wildman–Crippen LogP) is 0.578. The van der Waals surface area contributed by atoms with Crippen LogP contribution in [0.2, 0.25) is 0 Å². The van der Waals surface area contributed by atoms with Gasteiger partial charge in [0.2, 0.25) is 0 Å². The molecule has 1 aromatic carbocycles. The molecule has 0 fully saturated rings. The second kappa shape index (κ2) is 4.53. The molecule has 0 aliphatic carbocycles. The van der Waals surface area contributed by atoms with Crippen molar-refractivity contribution >= 4 is 18.9 Å². The molecule has 0 atom stereocenters. The first kappa shape index (κ1) is 11.6. The molecule has 0 unspecified atom stereocenters. The molecule has 0 aliphatic rings. The maximum Gasteiger partial charge on any atom is 0.489 e. The first-order valence-corrected chi connectivity index (χ1v) is 4.83. The van der Waals surface area contributed by atoms with Crippen LogP contribution in [0.15, 0.2) is 34.7 Å². The van der Waals surface area contributed by atoms with Crippen molar-refractivity contribution in [3.8, 4) is 11.3 Å². The van der Waals surface area contributed by atoms with Gasteiger partial charge in [-0.3, -0.25) is 4.79 Å². The van der Waals surface area contributed by atoms with Crippen LogP contribution in [0.4, 0.5) is 4.39 Å². The van der Waals surface area contributed by atoms with E-state index in [2.05, 4.69) is 0 Å². The highest BCUT2D eigenvalue weighted by Gasteiger charge is 2.19. The van der Waals surface area contributed by atoms with E-state index in [4.69, 9.17) is 14.5 Å². The van der Waals surface area contributed by atoms with Gasteiger partial charge in [0.15, 0.2) is 12.0 Å². The lowest BCUT2D eigenvalue weighted by atomic mass is 9.76. The van der Waals surface area contributed by atoms with Crippen LogP contribution in [0.1, 0.15) is 10.6 Å². The van der Waals surface area contributed by atoms with E-state index in [9.17, 15) is 9.18 Å². The summed E-state index contributed by atoms with van der Waals surface area (Å²) < 4.78 is 18.1. The van der Waals surface area contributed by atoms with E-state index in [0.29, 0.717) is 11.8 Å². The van der Waals surface area contributed by atoms with Crippen LogP contribution in [0.5, 0.6) is 0 Å². The number of carbonyl (C=O) groups excluding carboxylic acids is 1. The molecule has 4 nitrogen and oxygen atoms in total. The molecule has 0 saturated heterocycles. The van der Waals surface area contributed by atoms with Gasteiger partial charge in [-0.1, -0.05) is 0 Å².